The van der Waals surface area contributed by atoms with E-state index < -0.39 is 0 Å². The van der Waals surface area contributed by atoms with Gasteiger partial charge in [-0.2, -0.15) is 0 Å². The molecule has 1 amide bonds. The van der Waals surface area contributed by atoms with Crippen molar-refractivity contribution in [2.75, 3.05) is 5.32 Å². The van der Waals surface area contributed by atoms with E-state index in [2.05, 4.69) is 52.1 Å². The zero-order valence-electron chi connectivity index (χ0n) is 12.2. The summed E-state index contributed by atoms with van der Waals surface area (Å²) in [5, 5.41) is 2.94. The first-order chi connectivity index (χ1) is 8.28. The standard InChI is InChI=1S/C16H25NO/c1-12(2)13-6-8-14(9-7-13)17-15(18)10-11-16(3,4)5/h6-9,12H,10-11H2,1-5H3,(H,17,18). The summed E-state index contributed by atoms with van der Waals surface area (Å²) < 4.78 is 0. The molecule has 0 bridgehead atoms. The molecule has 0 heterocycles. The molecule has 0 radical (unpaired) electrons. The average Bonchev–Trinajstić information content (AvgIpc) is 2.26. The second-order valence-corrected chi connectivity index (χ2v) is 6.39. The van der Waals surface area contributed by atoms with E-state index in [0.29, 0.717) is 12.3 Å². The SMILES string of the molecule is CC(C)c1ccc(NC(=O)CCC(C)(C)C)cc1. The molecule has 18 heavy (non-hydrogen) atoms. The number of amides is 1. The second kappa shape index (κ2) is 6.03. The van der Waals surface area contributed by atoms with Crippen molar-refractivity contribution < 1.29 is 4.79 Å². The Morgan fingerprint density at radius 1 is 1.17 bits per heavy atom. The Labute approximate surface area is 111 Å². The van der Waals surface area contributed by atoms with E-state index in [4.69, 9.17) is 0 Å². The van der Waals surface area contributed by atoms with E-state index in [9.17, 15) is 4.79 Å². The molecule has 1 N–H and O–H groups in total. The third kappa shape index (κ3) is 5.35. The number of anilines is 1. The van der Waals surface area contributed by atoms with Crippen molar-refractivity contribution in [3.05, 3.63) is 29.8 Å². The molecule has 0 aliphatic rings. The van der Waals surface area contributed by atoms with E-state index in [1.165, 1.54) is 5.56 Å². The normalized spacial score (nSPS) is 11.7. The van der Waals surface area contributed by atoms with Crippen LogP contribution in [0.4, 0.5) is 5.69 Å². The Morgan fingerprint density at radius 3 is 2.17 bits per heavy atom. The van der Waals surface area contributed by atoms with Crippen LogP contribution in [0.5, 0.6) is 0 Å². The summed E-state index contributed by atoms with van der Waals surface area (Å²) in [6.45, 7) is 10.8. The number of rotatable bonds is 4. The predicted octanol–water partition coefficient (Wildman–Crippen LogP) is 4.57. The molecule has 2 nitrogen and oxygen atoms in total. The van der Waals surface area contributed by atoms with Crippen LogP contribution in [0.1, 0.15) is 58.9 Å². The lowest BCUT2D eigenvalue weighted by Gasteiger charge is -2.17. The summed E-state index contributed by atoms with van der Waals surface area (Å²) >= 11 is 0. The summed E-state index contributed by atoms with van der Waals surface area (Å²) in [7, 11) is 0. The van der Waals surface area contributed by atoms with Crippen LogP contribution in [0.15, 0.2) is 24.3 Å². The van der Waals surface area contributed by atoms with Crippen molar-refractivity contribution in [1.82, 2.24) is 0 Å². The molecular weight excluding hydrogens is 222 g/mol. The maximum Gasteiger partial charge on any atom is 0.224 e. The van der Waals surface area contributed by atoms with Crippen molar-refractivity contribution in [2.45, 2.75) is 53.4 Å². The highest BCUT2D eigenvalue weighted by Gasteiger charge is 2.12. The largest absolute Gasteiger partial charge is 0.326 e. The molecule has 100 valence electrons. The average molecular weight is 247 g/mol. The Kier molecular flexibility index (Phi) is 4.94. The molecule has 0 aliphatic carbocycles. The first-order valence-electron chi connectivity index (χ1n) is 6.68. The highest BCUT2D eigenvalue weighted by Crippen LogP contribution is 2.21. The zero-order valence-corrected chi connectivity index (χ0v) is 12.2. The topological polar surface area (TPSA) is 29.1 Å². The maximum atomic E-state index is 11.8. The predicted molar refractivity (Wildman–Crippen MR) is 77.8 cm³/mol. The number of hydrogen-bond donors (Lipinski definition) is 1. The molecule has 0 saturated heterocycles. The number of hydrogen-bond acceptors (Lipinski definition) is 1. The van der Waals surface area contributed by atoms with Gasteiger partial charge in [0.05, 0.1) is 0 Å². The van der Waals surface area contributed by atoms with Crippen molar-refractivity contribution in [3.63, 3.8) is 0 Å². The molecule has 1 aromatic carbocycles. The molecule has 0 spiro atoms. The van der Waals surface area contributed by atoms with Crippen molar-refractivity contribution in [3.8, 4) is 0 Å². The zero-order chi connectivity index (χ0) is 13.8. The number of nitrogens with one attached hydrogen (secondary N) is 1. The first-order valence-corrected chi connectivity index (χ1v) is 6.68. The summed E-state index contributed by atoms with van der Waals surface area (Å²) in [4.78, 5) is 11.8. The van der Waals surface area contributed by atoms with Gasteiger partial charge >= 0.3 is 0 Å². The fourth-order valence-electron chi connectivity index (χ4n) is 1.66. The Hall–Kier alpha value is -1.31. The Balaban J connectivity index is 2.50. The van der Waals surface area contributed by atoms with Crippen LogP contribution in [0.2, 0.25) is 0 Å². The van der Waals surface area contributed by atoms with Crippen molar-refractivity contribution in [1.29, 1.82) is 0 Å². The minimum Gasteiger partial charge on any atom is -0.326 e. The summed E-state index contributed by atoms with van der Waals surface area (Å²) in [5.74, 6) is 0.623. The van der Waals surface area contributed by atoms with Gasteiger partial charge in [-0.3, -0.25) is 4.79 Å². The van der Waals surface area contributed by atoms with Crippen LogP contribution >= 0.6 is 0 Å². The summed E-state index contributed by atoms with van der Waals surface area (Å²) in [5.41, 5.74) is 2.39. The molecule has 2 heteroatoms. The lowest BCUT2D eigenvalue weighted by Crippen LogP contribution is -2.15. The van der Waals surface area contributed by atoms with E-state index >= 15 is 0 Å². The molecular formula is C16H25NO. The molecule has 0 saturated carbocycles. The highest BCUT2D eigenvalue weighted by molar-refractivity contribution is 5.90. The third-order valence-electron chi connectivity index (χ3n) is 2.96. The van der Waals surface area contributed by atoms with Gasteiger partial charge < -0.3 is 5.32 Å². The van der Waals surface area contributed by atoms with E-state index in [1.54, 1.807) is 0 Å². The maximum absolute atomic E-state index is 11.8. The lowest BCUT2D eigenvalue weighted by atomic mass is 9.90. The smallest absolute Gasteiger partial charge is 0.224 e. The Bertz CT molecular complexity index is 385. The van der Waals surface area contributed by atoms with Gasteiger partial charge in [-0.15, -0.1) is 0 Å². The van der Waals surface area contributed by atoms with Crippen LogP contribution in [0, 0.1) is 5.41 Å². The van der Waals surface area contributed by atoms with E-state index in [-0.39, 0.29) is 11.3 Å². The van der Waals surface area contributed by atoms with E-state index in [0.717, 1.165) is 12.1 Å². The third-order valence-corrected chi connectivity index (χ3v) is 2.96. The van der Waals surface area contributed by atoms with Gasteiger partial charge in [-0.1, -0.05) is 46.8 Å². The van der Waals surface area contributed by atoms with Crippen LogP contribution < -0.4 is 5.32 Å². The van der Waals surface area contributed by atoms with Crippen LogP contribution in [-0.4, -0.2) is 5.91 Å². The highest BCUT2D eigenvalue weighted by atomic mass is 16.1. The number of carbonyl (C=O) groups is 1. The monoisotopic (exact) mass is 247 g/mol. The van der Waals surface area contributed by atoms with E-state index in [1.807, 2.05) is 12.1 Å². The number of benzene rings is 1. The van der Waals surface area contributed by atoms with Crippen LogP contribution in [-0.2, 0) is 4.79 Å². The van der Waals surface area contributed by atoms with Crippen LogP contribution in [0.3, 0.4) is 0 Å². The molecule has 1 rings (SSSR count). The van der Waals surface area contributed by atoms with Gasteiger partial charge in [0, 0.05) is 12.1 Å². The molecule has 1 aromatic rings. The minimum atomic E-state index is 0.0993. The molecule has 0 unspecified atom stereocenters. The van der Waals surface area contributed by atoms with Gasteiger partial charge in [-0.25, -0.2) is 0 Å². The van der Waals surface area contributed by atoms with Crippen LogP contribution in [0.25, 0.3) is 0 Å². The lowest BCUT2D eigenvalue weighted by molar-refractivity contribution is -0.116. The molecule has 0 fully saturated rings. The minimum absolute atomic E-state index is 0.0993. The van der Waals surface area contributed by atoms with Gasteiger partial charge in [0.15, 0.2) is 0 Å². The molecule has 0 aliphatic heterocycles. The van der Waals surface area contributed by atoms with Gasteiger partial charge in [0.1, 0.15) is 0 Å². The Morgan fingerprint density at radius 2 is 1.72 bits per heavy atom. The van der Waals surface area contributed by atoms with Gasteiger partial charge in [0.2, 0.25) is 5.91 Å². The number of carbonyl (C=O) groups excluding carboxylic acids is 1. The quantitative estimate of drug-likeness (QED) is 0.829. The van der Waals surface area contributed by atoms with Crippen molar-refractivity contribution in [2.24, 2.45) is 5.41 Å². The molecule has 0 atom stereocenters. The van der Waals surface area contributed by atoms with Gasteiger partial charge in [0.25, 0.3) is 0 Å². The summed E-state index contributed by atoms with van der Waals surface area (Å²) in [6, 6.07) is 8.10. The molecule has 0 aromatic heterocycles. The van der Waals surface area contributed by atoms with Crippen molar-refractivity contribution >= 4 is 11.6 Å². The fourth-order valence-corrected chi connectivity index (χ4v) is 1.66. The first kappa shape index (κ1) is 14.7. The second-order valence-electron chi connectivity index (χ2n) is 6.39. The van der Waals surface area contributed by atoms with Gasteiger partial charge in [-0.05, 0) is 35.4 Å². The fraction of sp³-hybridized carbons (Fsp3) is 0.562. The summed E-state index contributed by atoms with van der Waals surface area (Å²) in [6.07, 6.45) is 1.48.